The highest BCUT2D eigenvalue weighted by atomic mass is 32.2. The Bertz CT molecular complexity index is 621. The van der Waals surface area contributed by atoms with Crippen LogP contribution in [0.2, 0.25) is 0 Å². The summed E-state index contributed by atoms with van der Waals surface area (Å²) in [5, 5.41) is 29.7. The molecule has 2 aromatic rings. The second-order valence-electron chi connectivity index (χ2n) is 4.44. The van der Waals surface area contributed by atoms with Crippen LogP contribution in [-0.2, 0) is 4.74 Å². The average molecular weight is 298 g/mol. The van der Waals surface area contributed by atoms with Gasteiger partial charge in [-0.2, -0.15) is 0 Å². The summed E-state index contributed by atoms with van der Waals surface area (Å²) in [5.41, 5.74) is 1.12. The molecule has 0 bridgehead atoms. The first-order valence-corrected chi connectivity index (χ1v) is 7.23. The van der Waals surface area contributed by atoms with Gasteiger partial charge in [0.2, 0.25) is 0 Å². The van der Waals surface area contributed by atoms with E-state index in [0.717, 1.165) is 5.03 Å². The molecule has 0 aliphatic carbocycles. The van der Waals surface area contributed by atoms with E-state index in [1.165, 1.54) is 24.4 Å². The van der Waals surface area contributed by atoms with E-state index in [2.05, 4.69) is 15.0 Å². The van der Waals surface area contributed by atoms with Gasteiger partial charge in [-0.1, -0.05) is 0 Å². The zero-order valence-electron chi connectivity index (χ0n) is 10.6. The fraction of sp³-hybridized carbons (Fsp3) is 0.545. The maximum atomic E-state index is 10.0. The molecule has 1 aliphatic rings. The van der Waals surface area contributed by atoms with Crippen LogP contribution in [0.4, 0.5) is 0 Å². The number of aromatic nitrogens is 4. The van der Waals surface area contributed by atoms with Gasteiger partial charge in [-0.3, -0.25) is 4.57 Å². The van der Waals surface area contributed by atoms with E-state index in [0.29, 0.717) is 11.2 Å². The Kier molecular flexibility index (Phi) is 3.61. The Balaban J connectivity index is 2.03. The molecular weight excluding hydrogens is 284 g/mol. The molecule has 1 unspecified atom stereocenters. The first-order chi connectivity index (χ1) is 9.67. The van der Waals surface area contributed by atoms with Crippen LogP contribution >= 0.6 is 11.8 Å². The SMILES string of the molecule is CSc1ncnc2c1ncn2C1O[C@@H](CO)[C@H](O)[C@@H]1O. The van der Waals surface area contributed by atoms with E-state index < -0.39 is 24.5 Å². The minimum absolute atomic E-state index is 0.369. The smallest absolute Gasteiger partial charge is 0.166 e. The van der Waals surface area contributed by atoms with Crippen molar-refractivity contribution in [1.29, 1.82) is 0 Å². The normalized spacial score (nSPS) is 30.2. The summed E-state index contributed by atoms with van der Waals surface area (Å²) in [6, 6.07) is 0. The molecule has 0 saturated carbocycles. The van der Waals surface area contributed by atoms with Crippen LogP contribution in [0.5, 0.6) is 0 Å². The molecule has 3 heterocycles. The minimum Gasteiger partial charge on any atom is -0.394 e. The minimum atomic E-state index is -1.16. The molecule has 4 atom stereocenters. The molecule has 3 N–H and O–H groups in total. The summed E-state index contributed by atoms with van der Waals surface area (Å²) >= 11 is 1.44. The van der Waals surface area contributed by atoms with Gasteiger partial charge in [-0.05, 0) is 6.26 Å². The number of hydrogen-bond acceptors (Lipinski definition) is 8. The summed E-state index contributed by atoms with van der Waals surface area (Å²) in [6.07, 6.45) is 0.813. The Hall–Kier alpha value is -1.26. The maximum Gasteiger partial charge on any atom is 0.166 e. The highest BCUT2D eigenvalue weighted by Gasteiger charge is 2.43. The fourth-order valence-corrected chi connectivity index (χ4v) is 2.77. The number of aliphatic hydroxyl groups is 3. The van der Waals surface area contributed by atoms with Crippen molar-refractivity contribution in [3.05, 3.63) is 12.7 Å². The molecule has 9 heteroatoms. The van der Waals surface area contributed by atoms with Gasteiger partial charge >= 0.3 is 0 Å². The van der Waals surface area contributed by atoms with Crippen LogP contribution in [0.3, 0.4) is 0 Å². The van der Waals surface area contributed by atoms with E-state index in [1.807, 2.05) is 6.26 Å². The summed E-state index contributed by atoms with van der Waals surface area (Å²) in [6.45, 7) is -0.369. The van der Waals surface area contributed by atoms with Crippen LogP contribution in [0.15, 0.2) is 17.7 Å². The summed E-state index contributed by atoms with van der Waals surface area (Å²) in [4.78, 5) is 12.5. The van der Waals surface area contributed by atoms with Crippen molar-refractivity contribution in [3.63, 3.8) is 0 Å². The van der Waals surface area contributed by atoms with Crippen molar-refractivity contribution >= 4 is 22.9 Å². The molecule has 0 radical (unpaired) electrons. The zero-order chi connectivity index (χ0) is 14.3. The second-order valence-corrected chi connectivity index (χ2v) is 5.23. The lowest BCUT2D eigenvalue weighted by molar-refractivity contribution is -0.0511. The summed E-state index contributed by atoms with van der Waals surface area (Å²) in [7, 11) is 0. The molecule has 0 amide bonds. The third-order valence-corrected chi connectivity index (χ3v) is 4.00. The zero-order valence-corrected chi connectivity index (χ0v) is 11.4. The molecule has 2 aromatic heterocycles. The number of ether oxygens (including phenoxy) is 1. The van der Waals surface area contributed by atoms with Crippen molar-refractivity contribution in [2.45, 2.75) is 29.6 Å². The Morgan fingerprint density at radius 2 is 2.10 bits per heavy atom. The lowest BCUT2D eigenvalue weighted by Gasteiger charge is -2.16. The maximum absolute atomic E-state index is 10.0. The predicted molar refractivity (Wildman–Crippen MR) is 70.1 cm³/mol. The molecule has 0 aromatic carbocycles. The molecule has 0 spiro atoms. The largest absolute Gasteiger partial charge is 0.394 e. The number of nitrogens with zero attached hydrogens (tertiary/aromatic N) is 4. The quantitative estimate of drug-likeness (QED) is 0.496. The molecule has 1 saturated heterocycles. The molecule has 20 heavy (non-hydrogen) atoms. The van der Waals surface area contributed by atoms with E-state index in [9.17, 15) is 10.2 Å². The number of imidazole rings is 1. The monoisotopic (exact) mass is 298 g/mol. The predicted octanol–water partition coefficient (Wildman–Crippen LogP) is -0.840. The molecule has 1 fully saturated rings. The van der Waals surface area contributed by atoms with Gasteiger partial charge in [0.05, 0.1) is 12.9 Å². The van der Waals surface area contributed by atoms with Crippen molar-refractivity contribution in [1.82, 2.24) is 19.5 Å². The second kappa shape index (κ2) is 5.26. The molecule has 8 nitrogen and oxygen atoms in total. The van der Waals surface area contributed by atoms with Crippen LogP contribution in [0.25, 0.3) is 11.2 Å². The van der Waals surface area contributed by atoms with Crippen LogP contribution in [-0.4, -0.2) is 66.0 Å². The fourth-order valence-electron chi connectivity index (χ4n) is 2.28. The third-order valence-electron chi connectivity index (χ3n) is 3.31. The number of hydrogen-bond donors (Lipinski definition) is 3. The van der Waals surface area contributed by atoms with E-state index >= 15 is 0 Å². The molecule has 108 valence electrons. The number of rotatable bonds is 3. The van der Waals surface area contributed by atoms with Crippen molar-refractivity contribution in [2.24, 2.45) is 0 Å². The van der Waals surface area contributed by atoms with Gasteiger partial charge < -0.3 is 20.1 Å². The number of aliphatic hydroxyl groups excluding tert-OH is 3. The Morgan fingerprint density at radius 1 is 1.30 bits per heavy atom. The number of fused-ring (bicyclic) bond motifs is 1. The molecular formula is C11H14N4O4S. The van der Waals surface area contributed by atoms with E-state index in [4.69, 9.17) is 9.84 Å². The van der Waals surface area contributed by atoms with Crippen LogP contribution in [0, 0.1) is 0 Å². The lowest BCUT2D eigenvalue weighted by Crippen LogP contribution is -2.33. The van der Waals surface area contributed by atoms with Crippen molar-refractivity contribution in [2.75, 3.05) is 12.9 Å². The first kappa shape index (κ1) is 13.7. The van der Waals surface area contributed by atoms with Crippen molar-refractivity contribution < 1.29 is 20.1 Å². The lowest BCUT2D eigenvalue weighted by atomic mass is 10.1. The van der Waals surface area contributed by atoms with Gasteiger partial charge in [0.1, 0.15) is 35.2 Å². The highest BCUT2D eigenvalue weighted by Crippen LogP contribution is 2.32. The first-order valence-electron chi connectivity index (χ1n) is 6.01. The highest BCUT2D eigenvalue weighted by molar-refractivity contribution is 7.98. The topological polar surface area (TPSA) is 114 Å². The molecule has 3 rings (SSSR count). The van der Waals surface area contributed by atoms with E-state index in [1.54, 1.807) is 4.57 Å². The summed E-state index contributed by atoms with van der Waals surface area (Å²) < 4.78 is 7.01. The van der Waals surface area contributed by atoms with Gasteiger partial charge in [-0.15, -0.1) is 11.8 Å². The summed E-state index contributed by atoms with van der Waals surface area (Å²) in [5.74, 6) is 0. The van der Waals surface area contributed by atoms with E-state index in [-0.39, 0.29) is 6.61 Å². The number of thioether (sulfide) groups is 1. The van der Waals surface area contributed by atoms with Crippen LogP contribution in [0.1, 0.15) is 6.23 Å². The average Bonchev–Trinajstić information content (AvgIpc) is 3.01. The standard InChI is InChI=1S/C11H14N4O4S/c1-20-10-6-9(12-3-13-10)15(4-14-6)11-8(18)7(17)5(2-16)19-11/h3-5,7-8,11,16-18H,2H2,1H3/t5-,7-,8-,11?/m0/s1. The van der Waals surface area contributed by atoms with Gasteiger partial charge in [0.25, 0.3) is 0 Å². The van der Waals surface area contributed by atoms with Crippen molar-refractivity contribution in [3.8, 4) is 0 Å². The van der Waals surface area contributed by atoms with Gasteiger partial charge in [0.15, 0.2) is 11.9 Å². The van der Waals surface area contributed by atoms with Gasteiger partial charge in [-0.25, -0.2) is 15.0 Å². The van der Waals surface area contributed by atoms with Crippen LogP contribution < -0.4 is 0 Å². The Labute approximate surface area is 118 Å². The van der Waals surface area contributed by atoms with Gasteiger partial charge in [0, 0.05) is 0 Å². The molecule has 1 aliphatic heterocycles. The third kappa shape index (κ3) is 1.98. The Morgan fingerprint density at radius 3 is 2.75 bits per heavy atom.